The van der Waals surface area contributed by atoms with Gasteiger partial charge in [-0.05, 0) is 69.1 Å². The highest BCUT2D eigenvalue weighted by Gasteiger charge is 2.41. The van der Waals surface area contributed by atoms with E-state index in [1.165, 1.54) is 38.2 Å². The van der Waals surface area contributed by atoms with Crippen molar-refractivity contribution in [3.8, 4) is 5.75 Å². The summed E-state index contributed by atoms with van der Waals surface area (Å²) in [7, 11) is 0. The largest absolute Gasteiger partial charge is 0.506 e. The van der Waals surface area contributed by atoms with E-state index in [9.17, 15) is 19.8 Å². The first kappa shape index (κ1) is 32.7. The number of hydrogen-bond donors (Lipinski definition) is 4. The lowest BCUT2D eigenvalue weighted by Gasteiger charge is -2.47. The van der Waals surface area contributed by atoms with Gasteiger partial charge in [0.1, 0.15) is 16.8 Å². The number of morpholine rings is 1. The number of aliphatic hydroxyl groups is 1. The zero-order chi connectivity index (χ0) is 31.9. The number of aliphatic hydroxyl groups excluding tert-OH is 1. The number of likely N-dealkylation sites (tertiary alicyclic amines) is 1. The summed E-state index contributed by atoms with van der Waals surface area (Å²) in [4.78, 5) is 31.9. The summed E-state index contributed by atoms with van der Waals surface area (Å²) in [5.41, 5.74) is 2.34. The maximum Gasteiger partial charge on any atom is 0.305 e. The standard InChI is InChI=1S/C35H46N4O6S/c40-28-10-9-27(32-31(28)37-34(43)46-32)29(41)23-36-15-6-4-2-1-3-5-7-16-38-17-13-35(14-18-38)24-39(19-21-45-35)33(42)26-8-11-30-25(22-26)12-20-44-30/h8-12,20,22,29,36,40-41H,1-7,13-19,21,23-24H2,(H,37,43)/t29-/m0/s1. The van der Waals surface area contributed by atoms with Crippen LogP contribution in [-0.2, 0) is 4.74 Å². The van der Waals surface area contributed by atoms with Gasteiger partial charge >= 0.3 is 4.87 Å². The van der Waals surface area contributed by atoms with Crippen molar-refractivity contribution in [3.63, 3.8) is 0 Å². The van der Waals surface area contributed by atoms with Crippen molar-refractivity contribution in [1.82, 2.24) is 20.1 Å². The van der Waals surface area contributed by atoms with Gasteiger partial charge in [-0.2, -0.15) is 0 Å². The molecule has 2 aromatic carbocycles. The summed E-state index contributed by atoms with van der Waals surface area (Å²) >= 11 is 1.01. The molecule has 0 saturated carbocycles. The van der Waals surface area contributed by atoms with Crippen molar-refractivity contribution < 1.29 is 24.2 Å². The Kier molecular flexibility index (Phi) is 10.8. The molecule has 2 saturated heterocycles. The number of carbonyl (C=O) groups is 1. The van der Waals surface area contributed by atoms with E-state index in [0.29, 0.717) is 47.6 Å². The Hall–Kier alpha value is -3.22. The van der Waals surface area contributed by atoms with Crippen molar-refractivity contribution in [1.29, 1.82) is 0 Å². The number of furan rings is 1. The van der Waals surface area contributed by atoms with E-state index in [0.717, 1.165) is 74.2 Å². The fourth-order valence-electron chi connectivity index (χ4n) is 6.91. The van der Waals surface area contributed by atoms with E-state index in [-0.39, 0.29) is 22.1 Å². The molecule has 0 bridgehead atoms. The zero-order valence-corrected chi connectivity index (χ0v) is 27.3. The number of H-pyrrole nitrogens is 1. The molecule has 1 atom stereocenters. The molecule has 4 heterocycles. The summed E-state index contributed by atoms with van der Waals surface area (Å²) in [5.74, 6) is 0.100. The van der Waals surface area contributed by atoms with E-state index in [2.05, 4.69) is 15.2 Å². The van der Waals surface area contributed by atoms with Crippen molar-refractivity contribution in [2.24, 2.45) is 0 Å². The van der Waals surface area contributed by atoms with Crippen molar-refractivity contribution in [2.75, 3.05) is 52.4 Å². The van der Waals surface area contributed by atoms with Crippen LogP contribution in [0.5, 0.6) is 5.75 Å². The molecule has 0 radical (unpaired) electrons. The number of fused-ring (bicyclic) bond motifs is 2. The summed E-state index contributed by atoms with van der Waals surface area (Å²) in [5, 5.41) is 24.8. The van der Waals surface area contributed by atoms with Crippen LogP contribution in [0.25, 0.3) is 21.2 Å². The number of phenols is 1. The molecular formula is C35H46N4O6S. The molecule has 1 spiro atoms. The van der Waals surface area contributed by atoms with Crippen LogP contribution in [-0.4, -0.2) is 88.9 Å². The number of carbonyl (C=O) groups excluding carboxylic acids is 1. The van der Waals surface area contributed by atoms with Crippen molar-refractivity contribution in [3.05, 3.63) is 63.5 Å². The van der Waals surface area contributed by atoms with Crippen LogP contribution >= 0.6 is 11.3 Å². The SMILES string of the molecule is O=C(c1ccc2occc2c1)N1CCOC2(CCN(CCCCCCCCCNC[C@H](O)c3ccc(O)c4[nH]c(=O)sc34)CC2)C1. The van der Waals surface area contributed by atoms with Gasteiger partial charge in [-0.25, -0.2) is 0 Å². The zero-order valence-electron chi connectivity index (χ0n) is 26.5. The third kappa shape index (κ3) is 7.83. The molecule has 2 aliphatic rings. The first-order valence-corrected chi connectivity index (χ1v) is 17.6. The van der Waals surface area contributed by atoms with E-state index in [4.69, 9.17) is 9.15 Å². The minimum Gasteiger partial charge on any atom is -0.506 e. The van der Waals surface area contributed by atoms with Gasteiger partial charge in [-0.15, -0.1) is 0 Å². The highest BCUT2D eigenvalue weighted by Crippen LogP contribution is 2.32. The minimum atomic E-state index is -0.733. The summed E-state index contributed by atoms with van der Waals surface area (Å²) in [6, 6.07) is 10.8. The van der Waals surface area contributed by atoms with Crippen LogP contribution in [0.1, 0.15) is 79.8 Å². The molecular weight excluding hydrogens is 604 g/mol. The van der Waals surface area contributed by atoms with Gasteiger partial charge in [0.25, 0.3) is 5.91 Å². The summed E-state index contributed by atoms with van der Waals surface area (Å²) in [6.45, 7) is 6.32. The number of phenolic OH excluding ortho intramolecular Hbond substituents is 1. The predicted octanol–water partition coefficient (Wildman–Crippen LogP) is 5.40. The average molecular weight is 651 g/mol. The molecule has 2 aliphatic heterocycles. The number of thiazole rings is 1. The molecule has 10 nitrogen and oxygen atoms in total. The molecule has 6 rings (SSSR count). The smallest absolute Gasteiger partial charge is 0.305 e. The monoisotopic (exact) mass is 650 g/mol. The Labute approximate surface area is 273 Å². The first-order valence-electron chi connectivity index (χ1n) is 16.8. The maximum absolute atomic E-state index is 13.3. The number of aromatic hydroxyl groups is 1. The third-order valence-electron chi connectivity index (χ3n) is 9.61. The number of ether oxygens (including phenoxy) is 1. The van der Waals surface area contributed by atoms with Gasteiger partial charge in [0.2, 0.25) is 0 Å². The number of aromatic nitrogens is 1. The van der Waals surface area contributed by atoms with Crippen molar-refractivity contribution >= 4 is 38.4 Å². The van der Waals surface area contributed by atoms with Crippen LogP contribution in [0.3, 0.4) is 0 Å². The second-order valence-electron chi connectivity index (χ2n) is 12.9. The third-order valence-corrected chi connectivity index (χ3v) is 10.5. The second kappa shape index (κ2) is 15.1. The topological polar surface area (TPSA) is 131 Å². The van der Waals surface area contributed by atoms with Crippen LogP contribution in [0.2, 0.25) is 0 Å². The summed E-state index contributed by atoms with van der Waals surface area (Å²) < 4.78 is 12.4. The average Bonchev–Trinajstić information content (AvgIpc) is 3.70. The number of amides is 1. The lowest BCUT2D eigenvalue weighted by atomic mass is 9.89. The molecule has 46 heavy (non-hydrogen) atoms. The molecule has 4 N–H and O–H groups in total. The molecule has 2 aromatic heterocycles. The van der Waals surface area contributed by atoms with Gasteiger partial charge < -0.3 is 39.5 Å². The Morgan fingerprint density at radius 2 is 1.80 bits per heavy atom. The van der Waals surface area contributed by atoms with E-state index in [1.54, 1.807) is 12.3 Å². The lowest BCUT2D eigenvalue weighted by Crippen LogP contribution is -2.58. The van der Waals surface area contributed by atoms with E-state index < -0.39 is 6.10 Å². The van der Waals surface area contributed by atoms with Crippen LogP contribution < -0.4 is 10.2 Å². The quantitative estimate of drug-likeness (QED) is 0.134. The molecule has 0 aliphatic carbocycles. The van der Waals surface area contributed by atoms with Gasteiger partial charge in [0.05, 0.1) is 35.8 Å². The number of benzene rings is 2. The fourth-order valence-corrected chi connectivity index (χ4v) is 7.83. The molecule has 4 aromatic rings. The highest BCUT2D eigenvalue weighted by atomic mass is 32.1. The maximum atomic E-state index is 13.3. The van der Waals surface area contributed by atoms with E-state index >= 15 is 0 Å². The number of unbranched alkanes of at least 4 members (excludes halogenated alkanes) is 6. The van der Waals surface area contributed by atoms with Gasteiger partial charge in [-0.3, -0.25) is 9.59 Å². The van der Waals surface area contributed by atoms with Gasteiger partial charge in [-0.1, -0.05) is 49.5 Å². The lowest BCUT2D eigenvalue weighted by molar-refractivity contribution is -0.127. The highest BCUT2D eigenvalue weighted by molar-refractivity contribution is 7.16. The number of aromatic amines is 1. The molecule has 11 heteroatoms. The first-order chi connectivity index (χ1) is 22.4. The number of nitrogens with zero attached hydrogens (tertiary/aromatic N) is 2. The molecule has 1 amide bonds. The van der Waals surface area contributed by atoms with Crippen LogP contribution in [0.4, 0.5) is 0 Å². The Morgan fingerprint density at radius 3 is 2.63 bits per heavy atom. The Bertz CT molecular complexity index is 1660. The van der Waals surface area contributed by atoms with Gasteiger partial charge in [0, 0.05) is 42.7 Å². The number of nitrogens with one attached hydrogen (secondary N) is 2. The van der Waals surface area contributed by atoms with E-state index in [1.807, 2.05) is 29.2 Å². The number of rotatable bonds is 14. The number of piperidine rings is 1. The predicted molar refractivity (Wildman–Crippen MR) is 181 cm³/mol. The minimum absolute atomic E-state index is 0.0233. The summed E-state index contributed by atoms with van der Waals surface area (Å²) in [6.07, 6.45) is 11.3. The van der Waals surface area contributed by atoms with Crippen molar-refractivity contribution in [2.45, 2.75) is 69.5 Å². The molecule has 248 valence electrons. The van der Waals surface area contributed by atoms with Gasteiger partial charge in [0.15, 0.2) is 0 Å². The van der Waals surface area contributed by atoms with Crippen LogP contribution in [0.15, 0.2) is 51.9 Å². The fraction of sp³-hybridized carbons (Fsp3) is 0.543. The molecule has 0 unspecified atom stereocenters. The number of hydrogen-bond acceptors (Lipinski definition) is 9. The Balaban J connectivity index is 0.804. The molecule has 2 fully saturated rings. The Morgan fingerprint density at radius 1 is 1.02 bits per heavy atom. The normalized spacial score (nSPS) is 17.7. The second-order valence-corrected chi connectivity index (χ2v) is 13.8. The van der Waals surface area contributed by atoms with Crippen LogP contribution in [0, 0.1) is 0 Å².